The summed E-state index contributed by atoms with van der Waals surface area (Å²) in [5.74, 6) is 0.500. The van der Waals surface area contributed by atoms with Crippen molar-refractivity contribution in [2.75, 3.05) is 31.9 Å². The summed E-state index contributed by atoms with van der Waals surface area (Å²) in [6, 6.07) is 9.15. The molecular formula is C16H17N3O5. The first kappa shape index (κ1) is 17.1. The normalized spacial score (nSPS) is 9.96. The number of rotatable bonds is 6. The lowest BCUT2D eigenvalue weighted by Gasteiger charge is -2.12. The molecule has 24 heavy (non-hydrogen) atoms. The lowest BCUT2D eigenvalue weighted by atomic mass is 10.1. The van der Waals surface area contributed by atoms with Crippen molar-refractivity contribution in [3.8, 4) is 11.5 Å². The van der Waals surface area contributed by atoms with Crippen LogP contribution in [-0.4, -0.2) is 32.1 Å². The number of amides is 1. The number of hydrogen-bond acceptors (Lipinski definition) is 6. The minimum absolute atomic E-state index is 0.158. The molecule has 0 fully saturated rings. The van der Waals surface area contributed by atoms with E-state index in [0.717, 1.165) is 0 Å². The van der Waals surface area contributed by atoms with Gasteiger partial charge in [0.15, 0.2) is 0 Å². The lowest BCUT2D eigenvalue weighted by molar-refractivity contribution is -0.384. The molecule has 2 rings (SSSR count). The minimum atomic E-state index is -0.547. The molecule has 2 aromatic carbocycles. The first-order valence-corrected chi connectivity index (χ1v) is 6.99. The maximum absolute atomic E-state index is 12.4. The van der Waals surface area contributed by atoms with Crippen molar-refractivity contribution in [1.82, 2.24) is 0 Å². The minimum Gasteiger partial charge on any atom is -0.497 e. The molecule has 0 saturated heterocycles. The average Bonchev–Trinajstić information content (AvgIpc) is 2.60. The Morgan fingerprint density at radius 3 is 2.42 bits per heavy atom. The van der Waals surface area contributed by atoms with Crippen molar-refractivity contribution >= 4 is 23.0 Å². The van der Waals surface area contributed by atoms with Gasteiger partial charge >= 0.3 is 0 Å². The third-order valence-electron chi connectivity index (χ3n) is 3.38. The van der Waals surface area contributed by atoms with E-state index in [-0.39, 0.29) is 11.3 Å². The van der Waals surface area contributed by atoms with E-state index in [1.165, 1.54) is 32.4 Å². The van der Waals surface area contributed by atoms with Gasteiger partial charge in [0, 0.05) is 24.7 Å². The molecule has 126 valence electrons. The number of nitrogens with zero attached hydrogens (tertiary/aromatic N) is 1. The van der Waals surface area contributed by atoms with Crippen LogP contribution in [0.2, 0.25) is 0 Å². The fraction of sp³-hybridized carbons (Fsp3) is 0.188. The zero-order chi connectivity index (χ0) is 17.7. The molecule has 0 aliphatic heterocycles. The van der Waals surface area contributed by atoms with Crippen molar-refractivity contribution in [3.05, 3.63) is 52.1 Å². The number of nitro groups is 1. The van der Waals surface area contributed by atoms with Gasteiger partial charge in [-0.2, -0.15) is 0 Å². The highest BCUT2D eigenvalue weighted by Crippen LogP contribution is 2.30. The maximum atomic E-state index is 12.4. The monoisotopic (exact) mass is 331 g/mol. The largest absolute Gasteiger partial charge is 0.497 e. The third kappa shape index (κ3) is 3.54. The standard InChI is InChI=1S/C16H17N3O5/c1-17-12-6-4-10(8-14(12)19(21)22)16(20)18-13-9-11(23-2)5-7-15(13)24-3/h4-9,17H,1-3H3,(H,18,20). The predicted octanol–water partition coefficient (Wildman–Crippen LogP) is 2.91. The van der Waals surface area contributed by atoms with Crippen molar-refractivity contribution in [2.24, 2.45) is 0 Å². The van der Waals surface area contributed by atoms with Crippen molar-refractivity contribution in [1.29, 1.82) is 0 Å². The van der Waals surface area contributed by atoms with Gasteiger partial charge in [0.2, 0.25) is 0 Å². The SMILES string of the molecule is CNc1ccc(C(=O)Nc2cc(OC)ccc2OC)cc1[N+](=O)[O-]. The highest BCUT2D eigenvalue weighted by atomic mass is 16.6. The molecule has 8 heteroatoms. The molecule has 0 saturated carbocycles. The van der Waals surface area contributed by atoms with E-state index in [1.54, 1.807) is 25.2 Å². The van der Waals surface area contributed by atoms with E-state index in [2.05, 4.69) is 10.6 Å². The molecule has 2 N–H and O–H groups in total. The zero-order valence-corrected chi connectivity index (χ0v) is 13.5. The van der Waals surface area contributed by atoms with Crippen LogP contribution in [0.15, 0.2) is 36.4 Å². The van der Waals surface area contributed by atoms with E-state index in [9.17, 15) is 14.9 Å². The summed E-state index contributed by atoms with van der Waals surface area (Å²) < 4.78 is 10.3. The second kappa shape index (κ2) is 7.32. The van der Waals surface area contributed by atoms with Gasteiger partial charge in [-0.05, 0) is 24.3 Å². The van der Waals surface area contributed by atoms with Gasteiger partial charge in [0.05, 0.1) is 24.8 Å². The van der Waals surface area contributed by atoms with Crippen LogP contribution >= 0.6 is 0 Å². The topological polar surface area (TPSA) is 103 Å². The van der Waals surface area contributed by atoms with Crippen LogP contribution in [-0.2, 0) is 0 Å². The molecule has 0 aromatic heterocycles. The second-order valence-corrected chi connectivity index (χ2v) is 4.76. The van der Waals surface area contributed by atoms with E-state index in [4.69, 9.17) is 9.47 Å². The van der Waals surface area contributed by atoms with Crippen LogP contribution in [0.4, 0.5) is 17.1 Å². The number of benzene rings is 2. The molecular weight excluding hydrogens is 314 g/mol. The Balaban J connectivity index is 2.33. The Morgan fingerprint density at radius 1 is 1.08 bits per heavy atom. The quantitative estimate of drug-likeness (QED) is 0.623. The highest BCUT2D eigenvalue weighted by molar-refractivity contribution is 6.06. The Kier molecular flexibility index (Phi) is 5.20. The van der Waals surface area contributed by atoms with Crippen molar-refractivity contribution < 1.29 is 19.2 Å². The van der Waals surface area contributed by atoms with Crippen molar-refractivity contribution in [3.63, 3.8) is 0 Å². The fourth-order valence-corrected chi connectivity index (χ4v) is 2.14. The molecule has 1 amide bonds. The number of carbonyl (C=O) groups is 1. The molecule has 0 radical (unpaired) electrons. The molecule has 2 aromatic rings. The van der Waals surface area contributed by atoms with Gasteiger partial charge in [-0.3, -0.25) is 14.9 Å². The Labute approximate surface area is 138 Å². The van der Waals surface area contributed by atoms with Gasteiger partial charge in [-0.25, -0.2) is 0 Å². The molecule has 0 spiro atoms. The van der Waals surface area contributed by atoms with Crippen LogP contribution in [0.5, 0.6) is 11.5 Å². The number of carbonyl (C=O) groups excluding carboxylic acids is 1. The summed E-state index contributed by atoms with van der Waals surface area (Å²) in [5, 5.41) is 16.5. The van der Waals surface area contributed by atoms with Crippen molar-refractivity contribution in [2.45, 2.75) is 0 Å². The van der Waals surface area contributed by atoms with Crippen LogP contribution < -0.4 is 20.1 Å². The summed E-state index contributed by atoms with van der Waals surface area (Å²) >= 11 is 0. The van der Waals surface area contributed by atoms with Gasteiger partial charge in [-0.1, -0.05) is 0 Å². The van der Waals surface area contributed by atoms with E-state index in [1.807, 2.05) is 0 Å². The summed E-state index contributed by atoms with van der Waals surface area (Å²) in [6.07, 6.45) is 0. The molecule has 8 nitrogen and oxygen atoms in total. The molecule has 0 aliphatic carbocycles. The smallest absolute Gasteiger partial charge is 0.293 e. The van der Waals surface area contributed by atoms with Gasteiger partial charge in [-0.15, -0.1) is 0 Å². The maximum Gasteiger partial charge on any atom is 0.293 e. The molecule has 0 bridgehead atoms. The Morgan fingerprint density at radius 2 is 1.83 bits per heavy atom. The summed E-state index contributed by atoms with van der Waals surface area (Å²) in [5.41, 5.74) is 0.714. The molecule has 0 aliphatic rings. The van der Waals surface area contributed by atoms with E-state index < -0.39 is 10.8 Å². The number of anilines is 2. The highest BCUT2D eigenvalue weighted by Gasteiger charge is 2.18. The van der Waals surface area contributed by atoms with Crippen LogP contribution in [0, 0.1) is 10.1 Å². The van der Waals surface area contributed by atoms with Gasteiger partial charge in [0.1, 0.15) is 17.2 Å². The second-order valence-electron chi connectivity index (χ2n) is 4.76. The number of hydrogen-bond donors (Lipinski definition) is 2. The number of nitrogens with one attached hydrogen (secondary N) is 2. The Hall–Kier alpha value is -3.29. The fourth-order valence-electron chi connectivity index (χ4n) is 2.14. The first-order chi connectivity index (χ1) is 11.5. The first-order valence-electron chi connectivity index (χ1n) is 6.99. The molecule has 0 heterocycles. The van der Waals surface area contributed by atoms with E-state index in [0.29, 0.717) is 22.9 Å². The molecule has 0 atom stereocenters. The average molecular weight is 331 g/mol. The van der Waals surface area contributed by atoms with Crippen LogP contribution in [0.1, 0.15) is 10.4 Å². The summed E-state index contributed by atoms with van der Waals surface area (Å²) in [7, 11) is 4.56. The third-order valence-corrected chi connectivity index (χ3v) is 3.38. The van der Waals surface area contributed by atoms with Gasteiger partial charge < -0.3 is 20.1 Å². The van der Waals surface area contributed by atoms with Crippen LogP contribution in [0.3, 0.4) is 0 Å². The summed E-state index contributed by atoms with van der Waals surface area (Å²) in [6.45, 7) is 0. The van der Waals surface area contributed by atoms with Crippen LogP contribution in [0.25, 0.3) is 0 Å². The zero-order valence-electron chi connectivity index (χ0n) is 13.5. The van der Waals surface area contributed by atoms with E-state index >= 15 is 0 Å². The Bertz CT molecular complexity index is 776. The number of ether oxygens (including phenoxy) is 2. The summed E-state index contributed by atoms with van der Waals surface area (Å²) in [4.78, 5) is 23.0. The number of methoxy groups -OCH3 is 2. The van der Waals surface area contributed by atoms with Gasteiger partial charge in [0.25, 0.3) is 11.6 Å². The number of nitro benzene ring substituents is 1. The predicted molar refractivity (Wildman–Crippen MR) is 90.1 cm³/mol. The molecule has 0 unspecified atom stereocenters. The lowest BCUT2D eigenvalue weighted by Crippen LogP contribution is -2.13.